The lowest BCUT2D eigenvalue weighted by Crippen LogP contribution is -1.99. The zero-order chi connectivity index (χ0) is 17.6. The van der Waals surface area contributed by atoms with E-state index < -0.39 is 0 Å². The lowest BCUT2D eigenvalue weighted by molar-refractivity contribution is 0.415. The molecular weight excluding hydrogens is 340 g/mol. The van der Waals surface area contributed by atoms with Crippen LogP contribution in [0.4, 0.5) is 23.0 Å². The fraction of sp³-hybridized carbons (Fsp3) is 0.111. The predicted molar refractivity (Wildman–Crippen MR) is 99.6 cm³/mol. The average molecular weight is 357 g/mol. The Morgan fingerprint density at radius 3 is 2.20 bits per heavy atom. The predicted octanol–water partition coefficient (Wildman–Crippen LogP) is 4.63. The SMILES string of the molecule is COc1cccc(Nc2cc(Nc3ccc(OC)c(Cl)c3)ncn2)c1. The van der Waals surface area contributed by atoms with E-state index in [0.717, 1.165) is 17.1 Å². The van der Waals surface area contributed by atoms with Crippen LogP contribution in [0.1, 0.15) is 0 Å². The molecule has 7 heteroatoms. The highest BCUT2D eigenvalue weighted by molar-refractivity contribution is 6.32. The van der Waals surface area contributed by atoms with Crippen LogP contribution >= 0.6 is 11.6 Å². The zero-order valence-electron chi connectivity index (χ0n) is 13.8. The van der Waals surface area contributed by atoms with Gasteiger partial charge in [-0.15, -0.1) is 0 Å². The van der Waals surface area contributed by atoms with Crippen LogP contribution in [-0.4, -0.2) is 24.2 Å². The molecule has 0 saturated carbocycles. The summed E-state index contributed by atoms with van der Waals surface area (Å²) in [5, 5.41) is 6.93. The Bertz CT molecular complexity index is 873. The second-order valence-corrected chi connectivity index (χ2v) is 5.53. The van der Waals surface area contributed by atoms with Crippen molar-refractivity contribution in [3.63, 3.8) is 0 Å². The number of nitrogens with one attached hydrogen (secondary N) is 2. The third-order valence-electron chi connectivity index (χ3n) is 3.43. The van der Waals surface area contributed by atoms with Crippen LogP contribution < -0.4 is 20.1 Å². The van der Waals surface area contributed by atoms with Gasteiger partial charge >= 0.3 is 0 Å². The quantitative estimate of drug-likeness (QED) is 0.671. The molecule has 3 rings (SSSR count). The number of halogens is 1. The normalized spacial score (nSPS) is 10.2. The largest absolute Gasteiger partial charge is 0.497 e. The number of ether oxygens (including phenoxy) is 2. The number of anilines is 4. The Balaban J connectivity index is 1.76. The smallest absolute Gasteiger partial charge is 0.137 e. The third kappa shape index (κ3) is 4.30. The number of benzene rings is 2. The van der Waals surface area contributed by atoms with Gasteiger partial charge in [0.05, 0.1) is 19.2 Å². The molecule has 2 aromatic carbocycles. The molecule has 0 unspecified atom stereocenters. The topological polar surface area (TPSA) is 68.3 Å². The van der Waals surface area contributed by atoms with Gasteiger partial charge in [-0.05, 0) is 30.3 Å². The molecular formula is C18H17ClN4O2. The van der Waals surface area contributed by atoms with Crippen LogP contribution in [-0.2, 0) is 0 Å². The van der Waals surface area contributed by atoms with Crippen LogP contribution in [0.5, 0.6) is 11.5 Å². The molecule has 25 heavy (non-hydrogen) atoms. The van der Waals surface area contributed by atoms with E-state index >= 15 is 0 Å². The number of aromatic nitrogens is 2. The van der Waals surface area contributed by atoms with Crippen molar-refractivity contribution in [2.45, 2.75) is 0 Å². The fourth-order valence-corrected chi connectivity index (χ4v) is 2.49. The molecule has 0 spiro atoms. The Morgan fingerprint density at radius 2 is 1.56 bits per heavy atom. The first kappa shape index (κ1) is 16.9. The van der Waals surface area contributed by atoms with E-state index in [1.165, 1.54) is 6.33 Å². The van der Waals surface area contributed by atoms with E-state index in [-0.39, 0.29) is 0 Å². The van der Waals surface area contributed by atoms with Gasteiger partial charge in [-0.25, -0.2) is 9.97 Å². The van der Waals surface area contributed by atoms with Crippen molar-refractivity contribution in [2.75, 3.05) is 24.9 Å². The van der Waals surface area contributed by atoms with E-state index in [1.54, 1.807) is 32.4 Å². The summed E-state index contributed by atoms with van der Waals surface area (Å²) < 4.78 is 10.4. The summed E-state index contributed by atoms with van der Waals surface area (Å²) >= 11 is 6.14. The summed E-state index contributed by atoms with van der Waals surface area (Å²) in [7, 11) is 3.21. The summed E-state index contributed by atoms with van der Waals surface area (Å²) in [6.07, 6.45) is 1.48. The van der Waals surface area contributed by atoms with E-state index in [1.807, 2.05) is 30.3 Å². The van der Waals surface area contributed by atoms with Gasteiger partial charge in [0.25, 0.3) is 0 Å². The van der Waals surface area contributed by atoms with Crippen molar-refractivity contribution in [3.8, 4) is 11.5 Å². The van der Waals surface area contributed by atoms with Gasteiger partial charge in [-0.1, -0.05) is 17.7 Å². The molecule has 3 aromatic rings. The zero-order valence-corrected chi connectivity index (χ0v) is 14.5. The highest BCUT2D eigenvalue weighted by Crippen LogP contribution is 2.29. The minimum absolute atomic E-state index is 0.524. The average Bonchev–Trinajstić information content (AvgIpc) is 2.62. The highest BCUT2D eigenvalue weighted by Gasteiger charge is 2.04. The number of rotatable bonds is 6. The van der Waals surface area contributed by atoms with E-state index in [2.05, 4.69) is 20.6 Å². The van der Waals surface area contributed by atoms with Crippen molar-refractivity contribution in [2.24, 2.45) is 0 Å². The Hall–Kier alpha value is -2.99. The molecule has 1 heterocycles. The minimum atomic E-state index is 0.524. The molecule has 0 aliphatic heterocycles. The standard InChI is InChI=1S/C18H17ClN4O2/c1-24-14-5-3-4-12(8-14)22-17-10-18(21-11-20-17)23-13-6-7-16(25-2)15(19)9-13/h3-11H,1-2H3,(H2,20,21,22,23). The second kappa shape index (κ2) is 7.72. The van der Waals surface area contributed by atoms with Crippen molar-refractivity contribution in [1.82, 2.24) is 9.97 Å². The van der Waals surface area contributed by atoms with E-state index in [9.17, 15) is 0 Å². The monoisotopic (exact) mass is 356 g/mol. The fourth-order valence-electron chi connectivity index (χ4n) is 2.23. The van der Waals surface area contributed by atoms with Crippen molar-refractivity contribution in [1.29, 1.82) is 0 Å². The minimum Gasteiger partial charge on any atom is -0.497 e. The maximum Gasteiger partial charge on any atom is 0.137 e. The molecule has 128 valence electrons. The first-order valence-electron chi connectivity index (χ1n) is 7.51. The molecule has 0 fully saturated rings. The summed E-state index contributed by atoms with van der Waals surface area (Å²) in [4.78, 5) is 8.45. The maximum atomic E-state index is 6.14. The van der Waals surface area contributed by atoms with Gasteiger partial charge < -0.3 is 20.1 Å². The van der Waals surface area contributed by atoms with Crippen LogP contribution in [0, 0.1) is 0 Å². The van der Waals surface area contributed by atoms with Gasteiger partial charge in [0, 0.05) is 23.5 Å². The Labute approximate surface area is 150 Å². The number of nitrogens with zero attached hydrogens (tertiary/aromatic N) is 2. The molecule has 0 bridgehead atoms. The highest BCUT2D eigenvalue weighted by atomic mass is 35.5. The first-order valence-corrected chi connectivity index (χ1v) is 7.89. The molecule has 0 amide bonds. The summed E-state index contributed by atoms with van der Waals surface area (Å²) in [5.74, 6) is 2.69. The second-order valence-electron chi connectivity index (χ2n) is 5.12. The van der Waals surface area contributed by atoms with Gasteiger partial charge in [0.2, 0.25) is 0 Å². The van der Waals surface area contributed by atoms with Crippen LogP contribution in [0.3, 0.4) is 0 Å². The van der Waals surface area contributed by atoms with Crippen LogP contribution in [0.2, 0.25) is 5.02 Å². The summed E-state index contributed by atoms with van der Waals surface area (Å²) in [6, 6.07) is 14.8. The van der Waals surface area contributed by atoms with Gasteiger partial charge in [0.15, 0.2) is 0 Å². The third-order valence-corrected chi connectivity index (χ3v) is 3.73. The lowest BCUT2D eigenvalue weighted by Gasteiger charge is -2.10. The molecule has 0 atom stereocenters. The summed E-state index contributed by atoms with van der Waals surface area (Å²) in [6.45, 7) is 0. The number of hydrogen-bond donors (Lipinski definition) is 2. The molecule has 0 aliphatic carbocycles. The molecule has 2 N–H and O–H groups in total. The molecule has 0 radical (unpaired) electrons. The summed E-state index contributed by atoms with van der Waals surface area (Å²) in [5.41, 5.74) is 1.67. The van der Waals surface area contributed by atoms with Gasteiger partial charge in [-0.2, -0.15) is 0 Å². The van der Waals surface area contributed by atoms with E-state index in [0.29, 0.717) is 22.4 Å². The number of hydrogen-bond acceptors (Lipinski definition) is 6. The molecule has 1 aromatic heterocycles. The lowest BCUT2D eigenvalue weighted by atomic mass is 10.3. The Morgan fingerprint density at radius 1 is 0.840 bits per heavy atom. The van der Waals surface area contributed by atoms with E-state index in [4.69, 9.17) is 21.1 Å². The maximum absolute atomic E-state index is 6.14. The van der Waals surface area contributed by atoms with Crippen LogP contribution in [0.25, 0.3) is 0 Å². The Kier molecular flexibility index (Phi) is 5.20. The van der Waals surface area contributed by atoms with Crippen molar-refractivity contribution in [3.05, 3.63) is 59.9 Å². The number of methoxy groups -OCH3 is 2. The van der Waals surface area contributed by atoms with Gasteiger partial charge in [0.1, 0.15) is 29.5 Å². The first-order chi connectivity index (χ1) is 12.2. The van der Waals surface area contributed by atoms with Crippen molar-refractivity contribution < 1.29 is 9.47 Å². The molecule has 6 nitrogen and oxygen atoms in total. The molecule has 0 aliphatic rings. The van der Waals surface area contributed by atoms with Gasteiger partial charge in [-0.3, -0.25) is 0 Å². The van der Waals surface area contributed by atoms with Crippen LogP contribution in [0.15, 0.2) is 54.9 Å². The molecule has 0 saturated heterocycles. The van der Waals surface area contributed by atoms with Crippen molar-refractivity contribution >= 4 is 34.6 Å².